The molecule has 0 amide bonds. The second-order valence-corrected chi connectivity index (χ2v) is 3.91. The van der Waals surface area contributed by atoms with Gasteiger partial charge in [0.1, 0.15) is 23.4 Å². The predicted molar refractivity (Wildman–Crippen MR) is 67.6 cm³/mol. The summed E-state index contributed by atoms with van der Waals surface area (Å²) in [6.07, 6.45) is 0. The number of para-hydroxylation sites is 1. The van der Waals surface area contributed by atoms with Crippen molar-refractivity contribution in [3.05, 3.63) is 59.4 Å². The van der Waals surface area contributed by atoms with Crippen LogP contribution in [0.1, 0.15) is 22.8 Å². The van der Waals surface area contributed by atoms with Crippen LogP contribution in [0.25, 0.3) is 0 Å². The Labute approximate surface area is 109 Å². The molecule has 0 bridgehead atoms. The maximum Gasteiger partial charge on any atom is 0.163 e. The molecule has 2 rings (SSSR count). The van der Waals surface area contributed by atoms with Crippen LogP contribution in [0.4, 0.5) is 4.39 Å². The Hall–Kier alpha value is -2.67. The molecule has 0 heterocycles. The van der Waals surface area contributed by atoms with Crippen LogP contribution in [-0.4, -0.2) is 5.78 Å². The molecule has 2 aromatic carbocycles. The summed E-state index contributed by atoms with van der Waals surface area (Å²) >= 11 is 0. The first-order valence-electron chi connectivity index (χ1n) is 5.59. The maximum absolute atomic E-state index is 13.1. The first kappa shape index (κ1) is 12.8. The first-order valence-corrected chi connectivity index (χ1v) is 5.59. The standard InChI is InChI=1S/C15H10FNO2/c1-10(18)13-8-12(16)6-7-15(13)19-14-5-3-2-4-11(14)9-17/h2-8H,1H3. The summed E-state index contributed by atoms with van der Waals surface area (Å²) in [7, 11) is 0. The summed E-state index contributed by atoms with van der Waals surface area (Å²) < 4.78 is 18.7. The molecule has 0 unspecified atom stereocenters. The van der Waals surface area contributed by atoms with Gasteiger partial charge in [0, 0.05) is 0 Å². The third-order valence-electron chi connectivity index (χ3n) is 2.55. The number of ketones is 1. The molecule has 0 fully saturated rings. The highest BCUT2D eigenvalue weighted by Crippen LogP contribution is 2.28. The largest absolute Gasteiger partial charge is 0.455 e. The van der Waals surface area contributed by atoms with Crippen LogP contribution in [0, 0.1) is 17.1 Å². The molecule has 0 aliphatic rings. The van der Waals surface area contributed by atoms with Gasteiger partial charge in [-0.2, -0.15) is 5.26 Å². The molecule has 0 aromatic heterocycles. The Balaban J connectivity index is 2.44. The van der Waals surface area contributed by atoms with E-state index in [1.165, 1.54) is 19.1 Å². The number of Topliss-reactive ketones (excluding diaryl/α,β-unsaturated/α-hetero) is 1. The summed E-state index contributed by atoms with van der Waals surface area (Å²) in [6, 6.07) is 12.3. The lowest BCUT2D eigenvalue weighted by Crippen LogP contribution is -1.98. The van der Waals surface area contributed by atoms with E-state index in [0.29, 0.717) is 11.3 Å². The molecule has 0 aliphatic carbocycles. The fraction of sp³-hybridized carbons (Fsp3) is 0.0667. The van der Waals surface area contributed by atoms with Crippen LogP contribution in [0.3, 0.4) is 0 Å². The van der Waals surface area contributed by atoms with Crippen molar-refractivity contribution in [1.29, 1.82) is 5.26 Å². The number of carbonyl (C=O) groups excluding carboxylic acids is 1. The predicted octanol–water partition coefficient (Wildman–Crippen LogP) is 3.69. The molecule has 2 aromatic rings. The van der Waals surface area contributed by atoms with E-state index in [-0.39, 0.29) is 17.1 Å². The van der Waals surface area contributed by atoms with Crippen LogP contribution in [0.15, 0.2) is 42.5 Å². The molecule has 0 spiro atoms. The van der Waals surface area contributed by atoms with E-state index >= 15 is 0 Å². The number of halogens is 1. The van der Waals surface area contributed by atoms with Gasteiger partial charge >= 0.3 is 0 Å². The smallest absolute Gasteiger partial charge is 0.163 e. The third-order valence-corrected chi connectivity index (χ3v) is 2.55. The Bertz CT molecular complexity index is 674. The van der Waals surface area contributed by atoms with Gasteiger partial charge in [-0.15, -0.1) is 0 Å². The molecule has 0 saturated carbocycles. The third kappa shape index (κ3) is 2.78. The second kappa shape index (κ2) is 5.32. The zero-order valence-electron chi connectivity index (χ0n) is 10.2. The fourth-order valence-corrected chi connectivity index (χ4v) is 1.63. The minimum Gasteiger partial charge on any atom is -0.455 e. The quantitative estimate of drug-likeness (QED) is 0.786. The normalized spacial score (nSPS) is 9.74. The lowest BCUT2D eigenvalue weighted by molar-refractivity contribution is 0.101. The average molecular weight is 255 g/mol. The van der Waals surface area contributed by atoms with Gasteiger partial charge in [0.2, 0.25) is 0 Å². The molecular formula is C15H10FNO2. The number of hydrogen-bond acceptors (Lipinski definition) is 3. The number of ether oxygens (including phenoxy) is 1. The first-order chi connectivity index (χ1) is 9.11. The van der Waals surface area contributed by atoms with Crippen molar-refractivity contribution < 1.29 is 13.9 Å². The van der Waals surface area contributed by atoms with Gasteiger partial charge < -0.3 is 4.74 Å². The fourth-order valence-electron chi connectivity index (χ4n) is 1.63. The molecule has 0 radical (unpaired) electrons. The highest BCUT2D eigenvalue weighted by Gasteiger charge is 2.12. The van der Waals surface area contributed by atoms with Gasteiger partial charge in [-0.25, -0.2) is 4.39 Å². The van der Waals surface area contributed by atoms with E-state index in [1.807, 2.05) is 6.07 Å². The molecule has 19 heavy (non-hydrogen) atoms. The van der Waals surface area contributed by atoms with Crippen molar-refractivity contribution >= 4 is 5.78 Å². The molecule has 0 atom stereocenters. The van der Waals surface area contributed by atoms with Crippen molar-refractivity contribution in [2.75, 3.05) is 0 Å². The summed E-state index contributed by atoms with van der Waals surface area (Å²) in [5, 5.41) is 8.96. The van der Waals surface area contributed by atoms with Crippen molar-refractivity contribution in [3.8, 4) is 17.6 Å². The van der Waals surface area contributed by atoms with E-state index in [4.69, 9.17) is 10.00 Å². The van der Waals surface area contributed by atoms with Crippen LogP contribution in [0.5, 0.6) is 11.5 Å². The van der Waals surface area contributed by atoms with Crippen LogP contribution in [-0.2, 0) is 0 Å². The minimum atomic E-state index is -0.508. The van der Waals surface area contributed by atoms with Gasteiger partial charge in [0.05, 0.1) is 11.1 Å². The Morgan fingerprint density at radius 3 is 2.63 bits per heavy atom. The van der Waals surface area contributed by atoms with E-state index < -0.39 is 5.82 Å². The van der Waals surface area contributed by atoms with Crippen LogP contribution in [0.2, 0.25) is 0 Å². The highest BCUT2D eigenvalue weighted by molar-refractivity contribution is 5.96. The van der Waals surface area contributed by atoms with Crippen LogP contribution < -0.4 is 4.74 Å². The molecule has 0 aliphatic heterocycles. The Morgan fingerprint density at radius 2 is 1.95 bits per heavy atom. The highest BCUT2D eigenvalue weighted by atomic mass is 19.1. The van der Waals surface area contributed by atoms with Crippen molar-refractivity contribution in [3.63, 3.8) is 0 Å². The van der Waals surface area contributed by atoms with Gasteiger partial charge in [-0.05, 0) is 37.3 Å². The van der Waals surface area contributed by atoms with E-state index in [9.17, 15) is 9.18 Å². The molecule has 0 saturated heterocycles. The molecule has 3 nitrogen and oxygen atoms in total. The summed E-state index contributed by atoms with van der Waals surface area (Å²) in [6.45, 7) is 1.33. The lowest BCUT2D eigenvalue weighted by atomic mass is 10.1. The Morgan fingerprint density at radius 1 is 1.21 bits per heavy atom. The van der Waals surface area contributed by atoms with Crippen LogP contribution >= 0.6 is 0 Å². The van der Waals surface area contributed by atoms with E-state index in [2.05, 4.69) is 0 Å². The zero-order chi connectivity index (χ0) is 13.8. The Kier molecular flexibility index (Phi) is 3.58. The van der Waals surface area contributed by atoms with E-state index in [1.54, 1.807) is 24.3 Å². The number of carbonyl (C=O) groups is 1. The zero-order valence-corrected chi connectivity index (χ0v) is 10.2. The van der Waals surface area contributed by atoms with Gasteiger partial charge in [0.25, 0.3) is 0 Å². The minimum absolute atomic E-state index is 0.146. The van der Waals surface area contributed by atoms with Crippen molar-refractivity contribution in [2.45, 2.75) is 6.92 Å². The molecule has 94 valence electrons. The van der Waals surface area contributed by atoms with Crippen molar-refractivity contribution in [1.82, 2.24) is 0 Å². The number of nitrogens with zero attached hydrogens (tertiary/aromatic N) is 1. The monoisotopic (exact) mass is 255 g/mol. The molecular weight excluding hydrogens is 245 g/mol. The van der Waals surface area contributed by atoms with Gasteiger partial charge in [-0.1, -0.05) is 12.1 Å². The molecule has 4 heteroatoms. The maximum atomic E-state index is 13.1. The number of rotatable bonds is 3. The number of nitriles is 1. The average Bonchev–Trinajstić information content (AvgIpc) is 2.41. The summed E-state index contributed by atoms with van der Waals surface area (Å²) in [4.78, 5) is 11.5. The number of hydrogen-bond donors (Lipinski definition) is 0. The van der Waals surface area contributed by atoms with Crippen molar-refractivity contribution in [2.24, 2.45) is 0 Å². The summed E-state index contributed by atoms with van der Waals surface area (Å²) in [5.41, 5.74) is 0.495. The molecule has 0 N–H and O–H groups in total. The van der Waals surface area contributed by atoms with E-state index in [0.717, 1.165) is 6.07 Å². The second-order valence-electron chi connectivity index (χ2n) is 3.91. The lowest BCUT2D eigenvalue weighted by Gasteiger charge is -2.10. The van der Waals surface area contributed by atoms with Gasteiger partial charge in [0.15, 0.2) is 5.78 Å². The summed E-state index contributed by atoms with van der Waals surface area (Å²) in [5.74, 6) is -0.245. The van der Waals surface area contributed by atoms with Gasteiger partial charge in [-0.3, -0.25) is 4.79 Å². The number of benzene rings is 2. The SMILES string of the molecule is CC(=O)c1cc(F)ccc1Oc1ccccc1C#N. The topological polar surface area (TPSA) is 50.1 Å².